The highest BCUT2D eigenvalue weighted by Gasteiger charge is 2.09. The van der Waals surface area contributed by atoms with Crippen molar-refractivity contribution >= 4 is 0 Å². The summed E-state index contributed by atoms with van der Waals surface area (Å²) in [5, 5.41) is 0. The molecule has 1 atom stereocenters. The van der Waals surface area contributed by atoms with Crippen LogP contribution in [-0.2, 0) is 12.8 Å². The van der Waals surface area contributed by atoms with Crippen molar-refractivity contribution in [3.8, 4) is 0 Å². The minimum atomic E-state index is 0. The summed E-state index contributed by atoms with van der Waals surface area (Å²) in [7, 11) is 0. The fourth-order valence-corrected chi connectivity index (χ4v) is 1.21. The van der Waals surface area contributed by atoms with Crippen LogP contribution in [0.5, 0.6) is 0 Å². The van der Waals surface area contributed by atoms with Gasteiger partial charge in [-0.2, -0.15) is 0 Å². The lowest BCUT2D eigenvalue weighted by Gasteiger charge is -2.09. The summed E-state index contributed by atoms with van der Waals surface area (Å²) in [5.41, 5.74) is 0. The van der Waals surface area contributed by atoms with Crippen molar-refractivity contribution in [1.29, 1.82) is 0 Å². The molecule has 1 rings (SSSR count). The predicted molar refractivity (Wildman–Crippen MR) is 64.0 cm³/mol. The van der Waals surface area contributed by atoms with E-state index in [0.717, 1.165) is 36.7 Å². The molecule has 0 N–H and O–H groups in total. The summed E-state index contributed by atoms with van der Waals surface area (Å²) in [5.74, 6) is 3.24. The normalized spacial score (nSPS) is 12.0. The van der Waals surface area contributed by atoms with Crippen LogP contribution in [0.1, 0.15) is 64.9 Å². The summed E-state index contributed by atoms with van der Waals surface area (Å²) in [6.07, 6.45) is 2.86. The Kier molecular flexibility index (Phi) is 6.06. The maximum absolute atomic E-state index is 4.45. The largest absolute Gasteiger partial charge is 0.218 e. The third kappa shape index (κ3) is 3.57. The molecule has 0 fully saturated rings. The molecule has 0 aliphatic carbocycles. The molecule has 0 spiro atoms. The van der Waals surface area contributed by atoms with E-state index in [9.17, 15) is 0 Å². The summed E-state index contributed by atoms with van der Waals surface area (Å²) >= 11 is 0. The van der Waals surface area contributed by atoms with E-state index >= 15 is 0 Å². The number of rotatable bonds is 4. The van der Waals surface area contributed by atoms with Crippen molar-refractivity contribution in [1.82, 2.24) is 15.0 Å². The number of aromatic nitrogens is 3. The molecule has 0 aromatic carbocycles. The minimum Gasteiger partial charge on any atom is -0.218 e. The Morgan fingerprint density at radius 1 is 0.933 bits per heavy atom. The van der Waals surface area contributed by atoms with Gasteiger partial charge < -0.3 is 0 Å². The third-order valence-corrected chi connectivity index (χ3v) is 2.43. The average Bonchev–Trinajstić information content (AvgIpc) is 2.27. The minimum absolute atomic E-state index is 0. The Hall–Kier alpha value is -0.990. The fourth-order valence-electron chi connectivity index (χ4n) is 1.21. The molecule has 1 aromatic heterocycles. The van der Waals surface area contributed by atoms with Gasteiger partial charge in [0.05, 0.1) is 0 Å². The molecular formula is C12H23N3. The van der Waals surface area contributed by atoms with Crippen LogP contribution in [0.4, 0.5) is 0 Å². The van der Waals surface area contributed by atoms with Gasteiger partial charge in [0.15, 0.2) is 0 Å². The third-order valence-electron chi connectivity index (χ3n) is 2.43. The summed E-state index contributed by atoms with van der Waals surface area (Å²) in [6, 6.07) is 0. The topological polar surface area (TPSA) is 38.7 Å². The van der Waals surface area contributed by atoms with Gasteiger partial charge in [0.2, 0.25) is 0 Å². The van der Waals surface area contributed by atoms with Crippen LogP contribution in [0.3, 0.4) is 0 Å². The van der Waals surface area contributed by atoms with Crippen LogP contribution in [0.2, 0.25) is 0 Å². The van der Waals surface area contributed by atoms with Crippen molar-refractivity contribution in [3.05, 3.63) is 17.5 Å². The molecule has 3 heteroatoms. The van der Waals surface area contributed by atoms with Gasteiger partial charge in [-0.15, -0.1) is 0 Å². The second-order valence-electron chi connectivity index (χ2n) is 3.54. The quantitative estimate of drug-likeness (QED) is 0.764. The first kappa shape index (κ1) is 14.0. The van der Waals surface area contributed by atoms with Gasteiger partial charge in [0.25, 0.3) is 0 Å². The molecule has 0 saturated heterocycles. The van der Waals surface area contributed by atoms with Gasteiger partial charge in [-0.25, -0.2) is 15.0 Å². The van der Waals surface area contributed by atoms with E-state index in [2.05, 4.69) is 42.6 Å². The van der Waals surface area contributed by atoms with Gasteiger partial charge >= 0.3 is 0 Å². The summed E-state index contributed by atoms with van der Waals surface area (Å²) in [6.45, 7) is 8.48. The molecule has 0 bridgehead atoms. The molecular weight excluding hydrogens is 186 g/mol. The van der Waals surface area contributed by atoms with E-state index < -0.39 is 0 Å². The van der Waals surface area contributed by atoms with Crippen LogP contribution < -0.4 is 0 Å². The van der Waals surface area contributed by atoms with E-state index in [4.69, 9.17) is 0 Å². The molecule has 0 aliphatic rings. The van der Waals surface area contributed by atoms with E-state index in [1.54, 1.807) is 0 Å². The monoisotopic (exact) mass is 209 g/mol. The Bertz CT molecular complexity index is 275. The first-order valence-electron chi connectivity index (χ1n) is 5.44. The molecule has 1 aromatic rings. The Balaban J connectivity index is 0.00000196. The maximum atomic E-state index is 4.45. The molecule has 0 amide bonds. The van der Waals surface area contributed by atoms with Gasteiger partial charge in [-0.3, -0.25) is 0 Å². The molecule has 1 unspecified atom stereocenters. The van der Waals surface area contributed by atoms with Gasteiger partial charge in [0.1, 0.15) is 17.5 Å². The highest BCUT2D eigenvalue weighted by molar-refractivity contribution is 5.01. The van der Waals surface area contributed by atoms with E-state index in [1.807, 2.05) is 0 Å². The molecule has 0 radical (unpaired) electrons. The number of hydrogen-bond acceptors (Lipinski definition) is 3. The summed E-state index contributed by atoms with van der Waals surface area (Å²) in [4.78, 5) is 13.3. The highest BCUT2D eigenvalue weighted by Crippen LogP contribution is 2.14. The predicted octanol–water partition coefficient (Wildman–Crippen LogP) is 3.15. The highest BCUT2D eigenvalue weighted by atomic mass is 15.0. The summed E-state index contributed by atoms with van der Waals surface area (Å²) < 4.78 is 0. The standard InChI is InChI=1S/C11H19N3.CH4/c1-5-8(4)11-13-9(6-2)12-10(7-3)14-11;/h8H,5-7H2,1-4H3;1H4. The van der Waals surface area contributed by atoms with Crippen LogP contribution in [0, 0.1) is 0 Å². The second-order valence-corrected chi connectivity index (χ2v) is 3.54. The molecule has 15 heavy (non-hydrogen) atoms. The smallest absolute Gasteiger partial charge is 0.135 e. The molecule has 1 heterocycles. The van der Waals surface area contributed by atoms with Crippen molar-refractivity contribution in [2.75, 3.05) is 0 Å². The number of aryl methyl sites for hydroxylation is 2. The first-order chi connectivity index (χ1) is 6.71. The van der Waals surface area contributed by atoms with Crippen LogP contribution in [0.15, 0.2) is 0 Å². The van der Waals surface area contributed by atoms with Crippen molar-refractivity contribution in [3.63, 3.8) is 0 Å². The van der Waals surface area contributed by atoms with E-state index in [0.29, 0.717) is 5.92 Å². The number of hydrogen-bond donors (Lipinski definition) is 0. The van der Waals surface area contributed by atoms with Gasteiger partial charge in [-0.05, 0) is 6.42 Å². The molecule has 86 valence electrons. The maximum Gasteiger partial charge on any atom is 0.135 e. The van der Waals surface area contributed by atoms with Gasteiger partial charge in [0, 0.05) is 18.8 Å². The SMILES string of the molecule is C.CCc1nc(CC)nc(C(C)CC)n1. The fraction of sp³-hybridized carbons (Fsp3) is 0.750. The van der Waals surface area contributed by atoms with Crippen LogP contribution >= 0.6 is 0 Å². The van der Waals surface area contributed by atoms with Crippen molar-refractivity contribution in [2.45, 2.75) is 60.3 Å². The van der Waals surface area contributed by atoms with E-state index in [-0.39, 0.29) is 7.43 Å². The Morgan fingerprint density at radius 2 is 1.40 bits per heavy atom. The lowest BCUT2D eigenvalue weighted by atomic mass is 10.1. The second kappa shape index (κ2) is 6.49. The zero-order chi connectivity index (χ0) is 10.6. The zero-order valence-corrected chi connectivity index (χ0v) is 9.54. The Labute approximate surface area is 93.4 Å². The van der Waals surface area contributed by atoms with Crippen LogP contribution in [-0.4, -0.2) is 15.0 Å². The zero-order valence-electron chi connectivity index (χ0n) is 9.54. The average molecular weight is 209 g/mol. The number of nitrogens with zero attached hydrogens (tertiary/aromatic N) is 3. The van der Waals surface area contributed by atoms with Gasteiger partial charge in [-0.1, -0.05) is 35.1 Å². The molecule has 0 saturated carbocycles. The molecule has 3 nitrogen and oxygen atoms in total. The lowest BCUT2D eigenvalue weighted by Crippen LogP contribution is -2.08. The van der Waals surface area contributed by atoms with Crippen molar-refractivity contribution < 1.29 is 0 Å². The molecule has 0 aliphatic heterocycles. The first-order valence-corrected chi connectivity index (χ1v) is 5.44. The lowest BCUT2D eigenvalue weighted by molar-refractivity contribution is 0.646. The van der Waals surface area contributed by atoms with E-state index in [1.165, 1.54) is 0 Å². The Morgan fingerprint density at radius 3 is 1.73 bits per heavy atom. The van der Waals surface area contributed by atoms with Crippen molar-refractivity contribution in [2.24, 2.45) is 0 Å². The van der Waals surface area contributed by atoms with Crippen LogP contribution in [0.25, 0.3) is 0 Å².